The van der Waals surface area contributed by atoms with E-state index in [-0.39, 0.29) is 17.7 Å². The van der Waals surface area contributed by atoms with Gasteiger partial charge in [-0.3, -0.25) is 14.6 Å². The molecule has 0 aliphatic carbocycles. The number of nitrogens with zero attached hydrogens (tertiary/aromatic N) is 2. The maximum atomic E-state index is 12.3. The highest BCUT2D eigenvalue weighted by atomic mass is 16.5. The molecule has 1 aliphatic rings. The van der Waals surface area contributed by atoms with Gasteiger partial charge in [0.15, 0.2) is 0 Å². The van der Waals surface area contributed by atoms with Crippen molar-refractivity contribution in [3.63, 3.8) is 0 Å². The Hall–Kier alpha value is -2.80. The number of nitrogens with one attached hydrogen (secondary N) is 1. The van der Waals surface area contributed by atoms with E-state index < -0.39 is 5.91 Å². The van der Waals surface area contributed by atoms with Crippen molar-refractivity contribution in [1.29, 1.82) is 0 Å². The van der Waals surface area contributed by atoms with Gasteiger partial charge >= 0.3 is 0 Å². The van der Waals surface area contributed by atoms with Crippen LogP contribution in [0.15, 0.2) is 36.7 Å². The molecule has 3 N–H and O–H groups in total. The third kappa shape index (κ3) is 3.75. The lowest BCUT2D eigenvalue weighted by Gasteiger charge is -2.11. The van der Waals surface area contributed by atoms with E-state index in [1.807, 2.05) is 0 Å². The quantitative estimate of drug-likeness (QED) is 0.857. The average molecular weight is 326 g/mol. The minimum atomic E-state index is -0.644. The van der Waals surface area contributed by atoms with Crippen LogP contribution in [0.4, 0.5) is 0 Å². The predicted octanol–water partition coefficient (Wildman–Crippen LogP) is 1.15. The second-order valence-corrected chi connectivity index (χ2v) is 5.58. The number of carbonyl (C=O) groups is 2. The van der Waals surface area contributed by atoms with Gasteiger partial charge in [-0.25, -0.2) is 4.98 Å². The Morgan fingerprint density at radius 3 is 2.96 bits per heavy atom. The van der Waals surface area contributed by atoms with Crippen molar-refractivity contribution in [2.45, 2.75) is 18.9 Å². The van der Waals surface area contributed by atoms with Crippen LogP contribution in [-0.2, 0) is 4.74 Å². The highest BCUT2D eigenvalue weighted by Crippen LogP contribution is 2.18. The zero-order chi connectivity index (χ0) is 16.9. The average Bonchev–Trinajstić information content (AvgIpc) is 3.13. The number of rotatable bonds is 5. The lowest BCUT2D eigenvalue weighted by molar-refractivity contribution is 0.0857. The fraction of sp³-hybridized carbons (Fsp3) is 0.294. The first-order chi connectivity index (χ1) is 11.6. The summed E-state index contributed by atoms with van der Waals surface area (Å²) in [6.45, 7) is 1.25. The molecule has 1 aromatic carbocycles. The van der Waals surface area contributed by atoms with E-state index in [2.05, 4.69) is 15.3 Å². The van der Waals surface area contributed by atoms with Gasteiger partial charge in [-0.15, -0.1) is 0 Å². The van der Waals surface area contributed by atoms with Crippen LogP contribution in [0.5, 0.6) is 0 Å². The van der Waals surface area contributed by atoms with Gasteiger partial charge in [0.2, 0.25) is 0 Å². The van der Waals surface area contributed by atoms with Crippen LogP contribution in [0, 0.1) is 0 Å². The molecule has 2 heterocycles. The summed E-state index contributed by atoms with van der Waals surface area (Å²) in [6.07, 6.45) is 4.93. The zero-order valence-electron chi connectivity index (χ0n) is 13.1. The number of hydrogen-bond donors (Lipinski definition) is 2. The van der Waals surface area contributed by atoms with Gasteiger partial charge < -0.3 is 15.8 Å². The second-order valence-electron chi connectivity index (χ2n) is 5.58. The summed E-state index contributed by atoms with van der Waals surface area (Å²) in [5, 5.41) is 2.88. The third-order valence-electron chi connectivity index (χ3n) is 3.82. The van der Waals surface area contributed by atoms with Gasteiger partial charge in [0.05, 0.1) is 24.2 Å². The number of amides is 2. The molecular weight excluding hydrogens is 308 g/mol. The molecule has 2 amide bonds. The number of hydrogen-bond acceptors (Lipinski definition) is 5. The van der Waals surface area contributed by atoms with Crippen molar-refractivity contribution in [2.75, 3.05) is 13.2 Å². The lowest BCUT2D eigenvalue weighted by Crippen LogP contribution is -2.31. The molecule has 1 fully saturated rings. The van der Waals surface area contributed by atoms with E-state index in [1.54, 1.807) is 24.3 Å². The molecule has 1 aliphatic heterocycles. The summed E-state index contributed by atoms with van der Waals surface area (Å²) in [4.78, 5) is 31.6. The molecule has 24 heavy (non-hydrogen) atoms. The topological polar surface area (TPSA) is 107 Å². The summed E-state index contributed by atoms with van der Waals surface area (Å²) in [5.41, 5.74) is 6.99. The molecular formula is C17H18N4O3. The Kier molecular flexibility index (Phi) is 4.81. The molecule has 1 aromatic heterocycles. The van der Waals surface area contributed by atoms with Crippen molar-refractivity contribution < 1.29 is 14.3 Å². The zero-order valence-corrected chi connectivity index (χ0v) is 13.1. The largest absolute Gasteiger partial charge is 0.376 e. The van der Waals surface area contributed by atoms with Crippen molar-refractivity contribution in [2.24, 2.45) is 5.73 Å². The molecule has 3 rings (SSSR count). The van der Waals surface area contributed by atoms with E-state index in [0.717, 1.165) is 19.4 Å². The Bertz CT molecular complexity index is 757. The van der Waals surface area contributed by atoms with Crippen LogP contribution in [0.2, 0.25) is 0 Å². The van der Waals surface area contributed by atoms with E-state index >= 15 is 0 Å². The first-order valence-corrected chi connectivity index (χ1v) is 7.75. The third-order valence-corrected chi connectivity index (χ3v) is 3.82. The van der Waals surface area contributed by atoms with Gasteiger partial charge in [-0.1, -0.05) is 12.1 Å². The highest BCUT2D eigenvalue weighted by Gasteiger charge is 2.17. The molecule has 0 bridgehead atoms. The number of benzene rings is 1. The second kappa shape index (κ2) is 7.18. The van der Waals surface area contributed by atoms with Crippen molar-refractivity contribution in [3.05, 3.63) is 47.9 Å². The summed E-state index contributed by atoms with van der Waals surface area (Å²) >= 11 is 0. The molecule has 0 saturated carbocycles. The fourth-order valence-electron chi connectivity index (χ4n) is 2.56. The molecule has 0 spiro atoms. The molecule has 7 heteroatoms. The van der Waals surface area contributed by atoms with Crippen LogP contribution in [0.25, 0.3) is 11.3 Å². The molecule has 1 atom stereocenters. The van der Waals surface area contributed by atoms with E-state index in [9.17, 15) is 9.59 Å². The minimum Gasteiger partial charge on any atom is -0.376 e. The van der Waals surface area contributed by atoms with Gasteiger partial charge in [0.25, 0.3) is 11.8 Å². The first kappa shape index (κ1) is 16.1. The number of ether oxygens (including phenoxy) is 1. The Morgan fingerprint density at radius 1 is 1.33 bits per heavy atom. The number of carbonyl (C=O) groups excluding carboxylic acids is 2. The summed E-state index contributed by atoms with van der Waals surface area (Å²) in [7, 11) is 0. The molecule has 2 aromatic rings. The minimum absolute atomic E-state index is 0.0840. The van der Waals surface area contributed by atoms with E-state index in [1.165, 1.54) is 12.4 Å². The first-order valence-electron chi connectivity index (χ1n) is 7.75. The van der Waals surface area contributed by atoms with Crippen LogP contribution in [-0.4, -0.2) is 41.0 Å². The number of aromatic nitrogens is 2. The summed E-state index contributed by atoms with van der Waals surface area (Å²) in [5.74, 6) is -0.818. The standard InChI is InChI=1S/C17H18N4O3/c18-16(22)15-10-19-9-14(21-15)11-3-1-4-12(7-11)17(23)20-8-13-5-2-6-24-13/h1,3-4,7,9-10,13H,2,5-6,8H2,(H2,18,22)(H,20,23)/t13-/m1/s1. The van der Waals surface area contributed by atoms with Crippen LogP contribution in [0.1, 0.15) is 33.7 Å². The molecule has 7 nitrogen and oxygen atoms in total. The van der Waals surface area contributed by atoms with Gasteiger partial charge in [0, 0.05) is 24.3 Å². The predicted molar refractivity (Wildman–Crippen MR) is 87.3 cm³/mol. The SMILES string of the molecule is NC(=O)c1cncc(-c2cccc(C(=O)NC[C@H]3CCCO3)c2)n1. The molecule has 1 saturated heterocycles. The Balaban J connectivity index is 1.74. The van der Waals surface area contributed by atoms with Crippen molar-refractivity contribution >= 4 is 11.8 Å². The number of nitrogens with two attached hydrogens (primary N) is 1. The van der Waals surface area contributed by atoms with Gasteiger partial charge in [-0.05, 0) is 25.0 Å². The smallest absolute Gasteiger partial charge is 0.268 e. The molecule has 0 unspecified atom stereocenters. The van der Waals surface area contributed by atoms with Crippen LogP contribution < -0.4 is 11.1 Å². The Morgan fingerprint density at radius 2 is 2.21 bits per heavy atom. The fourth-order valence-corrected chi connectivity index (χ4v) is 2.56. The molecule has 0 radical (unpaired) electrons. The van der Waals surface area contributed by atoms with Crippen LogP contribution >= 0.6 is 0 Å². The van der Waals surface area contributed by atoms with E-state index in [0.29, 0.717) is 23.4 Å². The van der Waals surface area contributed by atoms with E-state index in [4.69, 9.17) is 10.5 Å². The highest BCUT2D eigenvalue weighted by molar-refractivity contribution is 5.95. The van der Waals surface area contributed by atoms with Gasteiger partial charge in [0.1, 0.15) is 5.69 Å². The monoisotopic (exact) mass is 326 g/mol. The Labute approximate surface area is 139 Å². The van der Waals surface area contributed by atoms with Crippen molar-refractivity contribution in [3.8, 4) is 11.3 Å². The normalized spacial score (nSPS) is 16.8. The summed E-state index contributed by atoms with van der Waals surface area (Å²) in [6, 6.07) is 6.99. The summed E-state index contributed by atoms with van der Waals surface area (Å²) < 4.78 is 5.49. The number of primary amides is 1. The maximum Gasteiger partial charge on any atom is 0.268 e. The molecule has 124 valence electrons. The van der Waals surface area contributed by atoms with Gasteiger partial charge in [-0.2, -0.15) is 0 Å². The van der Waals surface area contributed by atoms with Crippen LogP contribution in [0.3, 0.4) is 0 Å². The lowest BCUT2D eigenvalue weighted by atomic mass is 10.1. The maximum absolute atomic E-state index is 12.3. The van der Waals surface area contributed by atoms with Crippen molar-refractivity contribution in [1.82, 2.24) is 15.3 Å².